The van der Waals surface area contributed by atoms with Crippen molar-refractivity contribution >= 4 is 6.29 Å². The van der Waals surface area contributed by atoms with Crippen molar-refractivity contribution < 1.29 is 18.0 Å². The molecule has 0 spiro atoms. The Labute approximate surface area is 43.7 Å². The van der Waals surface area contributed by atoms with Gasteiger partial charge in [0.25, 0.3) is 0 Å². The van der Waals surface area contributed by atoms with Crippen molar-refractivity contribution in [3.05, 3.63) is 0 Å². The lowest BCUT2D eigenvalue weighted by molar-refractivity contribution is -0.153. The zero-order chi connectivity index (χ0) is 6.62. The third kappa shape index (κ3) is 5.42. The maximum absolute atomic E-state index is 11.0. The summed E-state index contributed by atoms with van der Waals surface area (Å²) < 4.78 is 32.9. The standard InChI is InChI=1S/C3H3F3NO/c4-3(5,6)7-1-2-8/h7H,1H2. The fraction of sp³-hybridized carbons (Fsp3) is 0.667. The molecule has 0 rings (SSSR count). The molecule has 0 amide bonds. The molecule has 2 nitrogen and oxygen atoms in total. The quantitative estimate of drug-likeness (QED) is 0.535. The van der Waals surface area contributed by atoms with Gasteiger partial charge in [-0.2, -0.15) is 13.2 Å². The minimum Gasteiger partial charge on any atom is -0.289 e. The minimum absolute atomic E-state index is 0.802. The van der Waals surface area contributed by atoms with Crippen LogP contribution in [0, 0.1) is 0 Å². The Bertz CT molecular complexity index is 79.1. The normalized spacial score (nSPS) is 11.4. The van der Waals surface area contributed by atoms with E-state index in [1.807, 2.05) is 0 Å². The third-order valence-corrected chi connectivity index (χ3v) is 0.361. The summed E-state index contributed by atoms with van der Waals surface area (Å²) in [7, 11) is 0. The van der Waals surface area contributed by atoms with Crippen LogP contribution in [0.15, 0.2) is 0 Å². The second-order valence-corrected chi connectivity index (χ2v) is 0.996. The highest BCUT2D eigenvalue weighted by molar-refractivity contribution is 5.52. The van der Waals surface area contributed by atoms with Crippen LogP contribution in [0.2, 0.25) is 0 Å². The molecule has 0 saturated heterocycles. The highest BCUT2D eigenvalue weighted by Crippen LogP contribution is 2.07. The SMILES string of the molecule is O=[C]CNC(F)(F)F. The number of halogens is 3. The molecule has 47 valence electrons. The first-order chi connectivity index (χ1) is 3.56. The molecule has 0 aliphatic carbocycles. The number of rotatable bonds is 2. The first kappa shape index (κ1) is 7.42. The molecule has 8 heavy (non-hydrogen) atoms. The number of hydrogen-bond donors (Lipinski definition) is 1. The van der Waals surface area contributed by atoms with Crippen molar-refractivity contribution in [1.82, 2.24) is 5.32 Å². The number of hydrogen-bond acceptors (Lipinski definition) is 2. The summed E-state index contributed by atoms with van der Waals surface area (Å²) >= 11 is 0. The summed E-state index contributed by atoms with van der Waals surface area (Å²) in [5.41, 5.74) is 0. The zero-order valence-electron chi connectivity index (χ0n) is 3.75. The van der Waals surface area contributed by atoms with Crippen molar-refractivity contribution in [1.29, 1.82) is 0 Å². The van der Waals surface area contributed by atoms with Gasteiger partial charge in [-0.1, -0.05) is 0 Å². The topological polar surface area (TPSA) is 29.1 Å². The fourth-order valence-corrected chi connectivity index (χ4v) is 0.136. The fourth-order valence-electron chi connectivity index (χ4n) is 0.136. The van der Waals surface area contributed by atoms with Crippen LogP contribution in [-0.4, -0.2) is 19.1 Å². The third-order valence-electron chi connectivity index (χ3n) is 0.361. The molecular formula is C3H3F3NO. The van der Waals surface area contributed by atoms with E-state index in [9.17, 15) is 13.2 Å². The van der Waals surface area contributed by atoms with Crippen molar-refractivity contribution in [2.75, 3.05) is 6.54 Å². The van der Waals surface area contributed by atoms with E-state index in [0.29, 0.717) is 0 Å². The molecule has 0 aliphatic heterocycles. The van der Waals surface area contributed by atoms with Gasteiger partial charge in [-0.05, 0) is 0 Å². The molecule has 0 fully saturated rings. The van der Waals surface area contributed by atoms with Crippen molar-refractivity contribution in [3.63, 3.8) is 0 Å². The van der Waals surface area contributed by atoms with Gasteiger partial charge in [0, 0.05) is 0 Å². The predicted octanol–water partition coefficient (Wildman–Crippen LogP) is 0.206. The average molecular weight is 126 g/mol. The molecule has 0 aromatic rings. The number of alkyl halides is 3. The Morgan fingerprint density at radius 3 is 2.12 bits per heavy atom. The maximum Gasteiger partial charge on any atom is 0.457 e. The van der Waals surface area contributed by atoms with Gasteiger partial charge in [-0.25, -0.2) is 5.32 Å². The summed E-state index contributed by atoms with van der Waals surface area (Å²) in [6, 6.07) is 0. The zero-order valence-corrected chi connectivity index (χ0v) is 3.75. The number of nitrogens with one attached hydrogen (secondary N) is 1. The first-order valence-electron chi connectivity index (χ1n) is 1.73. The van der Waals surface area contributed by atoms with Gasteiger partial charge >= 0.3 is 6.30 Å². The lowest BCUT2D eigenvalue weighted by Gasteiger charge is -2.02. The Morgan fingerprint density at radius 1 is 1.50 bits per heavy atom. The van der Waals surface area contributed by atoms with E-state index >= 15 is 0 Å². The average Bonchev–Trinajstić information content (AvgIpc) is 1.59. The largest absolute Gasteiger partial charge is 0.457 e. The van der Waals surface area contributed by atoms with Crippen LogP contribution in [-0.2, 0) is 4.79 Å². The molecule has 5 heteroatoms. The van der Waals surface area contributed by atoms with Crippen LogP contribution in [0.5, 0.6) is 0 Å². The highest BCUT2D eigenvalue weighted by atomic mass is 19.4. The van der Waals surface area contributed by atoms with E-state index in [1.165, 1.54) is 0 Å². The summed E-state index contributed by atoms with van der Waals surface area (Å²) in [6.45, 7) is -0.802. The van der Waals surface area contributed by atoms with Crippen LogP contribution in [0.4, 0.5) is 13.2 Å². The Balaban J connectivity index is 3.24. The summed E-state index contributed by atoms with van der Waals surface area (Å²) in [6.07, 6.45) is -3.42. The van der Waals surface area contributed by atoms with E-state index in [-0.39, 0.29) is 0 Å². The maximum atomic E-state index is 11.0. The highest BCUT2D eigenvalue weighted by Gasteiger charge is 2.25. The van der Waals surface area contributed by atoms with Gasteiger partial charge in [-0.3, -0.25) is 4.79 Å². The molecule has 0 bridgehead atoms. The molecule has 1 radical (unpaired) electrons. The smallest absolute Gasteiger partial charge is 0.289 e. The predicted molar refractivity (Wildman–Crippen MR) is 19.8 cm³/mol. The van der Waals surface area contributed by atoms with Crippen molar-refractivity contribution in [3.8, 4) is 0 Å². The lowest BCUT2D eigenvalue weighted by atomic mass is 10.7. The molecule has 0 unspecified atom stereocenters. The molecule has 0 atom stereocenters. The molecule has 0 aliphatic rings. The molecule has 0 saturated carbocycles. The van der Waals surface area contributed by atoms with Crippen LogP contribution in [0.1, 0.15) is 0 Å². The molecule has 0 aromatic carbocycles. The van der Waals surface area contributed by atoms with Gasteiger partial charge in [0.05, 0.1) is 6.54 Å². The second-order valence-electron chi connectivity index (χ2n) is 0.996. The van der Waals surface area contributed by atoms with E-state index in [4.69, 9.17) is 4.79 Å². The summed E-state index contributed by atoms with van der Waals surface area (Å²) in [5, 5.41) is 0.948. The van der Waals surface area contributed by atoms with E-state index in [0.717, 1.165) is 11.6 Å². The monoisotopic (exact) mass is 126 g/mol. The van der Waals surface area contributed by atoms with Gasteiger partial charge < -0.3 is 0 Å². The molecule has 1 N–H and O–H groups in total. The Morgan fingerprint density at radius 2 is 2.00 bits per heavy atom. The summed E-state index contributed by atoms with van der Waals surface area (Å²) in [5.74, 6) is 0. The minimum atomic E-state index is -4.46. The van der Waals surface area contributed by atoms with Gasteiger partial charge in [-0.15, -0.1) is 0 Å². The molecule has 0 aromatic heterocycles. The van der Waals surface area contributed by atoms with Gasteiger partial charge in [0.1, 0.15) is 0 Å². The van der Waals surface area contributed by atoms with Crippen LogP contribution in [0.3, 0.4) is 0 Å². The Kier molecular flexibility index (Phi) is 2.47. The van der Waals surface area contributed by atoms with Crippen molar-refractivity contribution in [2.45, 2.75) is 6.30 Å². The van der Waals surface area contributed by atoms with E-state index in [1.54, 1.807) is 0 Å². The van der Waals surface area contributed by atoms with E-state index in [2.05, 4.69) is 0 Å². The second kappa shape index (κ2) is 2.66. The molecule has 0 heterocycles. The van der Waals surface area contributed by atoms with Gasteiger partial charge in [0.15, 0.2) is 0 Å². The Hall–Kier alpha value is -0.580. The van der Waals surface area contributed by atoms with E-state index < -0.39 is 12.8 Å². The lowest BCUT2D eigenvalue weighted by Crippen LogP contribution is -2.32. The van der Waals surface area contributed by atoms with Gasteiger partial charge in [0.2, 0.25) is 6.29 Å². The molecular weight excluding hydrogens is 123 g/mol. The van der Waals surface area contributed by atoms with Crippen molar-refractivity contribution in [2.24, 2.45) is 0 Å². The van der Waals surface area contributed by atoms with Crippen LogP contribution < -0.4 is 5.32 Å². The first-order valence-corrected chi connectivity index (χ1v) is 1.73. The number of carbonyl (C=O) groups excluding carboxylic acids is 1. The van der Waals surface area contributed by atoms with Crippen LogP contribution >= 0.6 is 0 Å². The summed E-state index contributed by atoms with van der Waals surface area (Å²) in [4.78, 5) is 9.16. The van der Waals surface area contributed by atoms with Crippen LogP contribution in [0.25, 0.3) is 0 Å².